The highest BCUT2D eigenvalue weighted by atomic mass is 16.5. The van der Waals surface area contributed by atoms with E-state index < -0.39 is 6.04 Å². The Morgan fingerprint density at radius 2 is 2.12 bits per heavy atom. The number of hydrogen-bond acceptors (Lipinski definition) is 6. The van der Waals surface area contributed by atoms with Crippen LogP contribution < -0.4 is 10.2 Å². The van der Waals surface area contributed by atoms with Gasteiger partial charge >= 0.3 is 0 Å². The maximum atomic E-state index is 13.0. The van der Waals surface area contributed by atoms with Crippen LogP contribution in [-0.2, 0) is 23.9 Å². The molecule has 10 heteroatoms. The Morgan fingerprint density at radius 1 is 1.31 bits per heavy atom. The van der Waals surface area contributed by atoms with E-state index in [4.69, 9.17) is 9.47 Å². The fourth-order valence-corrected chi connectivity index (χ4v) is 3.82. The molecule has 2 aliphatic rings. The summed E-state index contributed by atoms with van der Waals surface area (Å²) in [5.74, 6) is -0.670. The van der Waals surface area contributed by atoms with Crippen LogP contribution in [0.2, 0.25) is 0 Å². The van der Waals surface area contributed by atoms with E-state index in [-0.39, 0.29) is 30.4 Å². The lowest BCUT2D eigenvalue weighted by Crippen LogP contribution is -2.42. The Bertz CT molecular complexity index is 989. The van der Waals surface area contributed by atoms with Gasteiger partial charge in [-0.05, 0) is 30.3 Å². The van der Waals surface area contributed by atoms with Crippen molar-refractivity contribution < 1.29 is 23.9 Å². The summed E-state index contributed by atoms with van der Waals surface area (Å²) in [4.78, 5) is 47.7. The number of hydrogen-bond donors (Lipinski definition) is 2. The summed E-state index contributed by atoms with van der Waals surface area (Å²) in [6, 6.07) is 6.38. The van der Waals surface area contributed by atoms with Gasteiger partial charge in [-0.1, -0.05) is 0 Å². The molecule has 2 saturated heterocycles. The predicted molar refractivity (Wildman–Crippen MR) is 117 cm³/mol. The molecule has 0 saturated carbocycles. The number of carbonyl (C=O) groups is 3. The second-order valence-corrected chi connectivity index (χ2v) is 7.56. The largest absolute Gasteiger partial charge is 0.380 e. The molecule has 1 aromatic carbocycles. The molecule has 0 spiro atoms. The molecule has 2 aromatic rings. The molecule has 0 bridgehead atoms. The van der Waals surface area contributed by atoms with Crippen molar-refractivity contribution in [3.63, 3.8) is 0 Å². The normalized spacial score (nSPS) is 21.3. The van der Waals surface area contributed by atoms with E-state index in [0.717, 1.165) is 5.69 Å². The predicted octanol–water partition coefficient (Wildman–Crippen LogP) is 1.04. The number of amides is 3. The highest BCUT2D eigenvalue weighted by Gasteiger charge is 2.39. The first-order valence-electron chi connectivity index (χ1n) is 10.3. The molecule has 3 heterocycles. The number of anilines is 2. The van der Waals surface area contributed by atoms with Crippen LogP contribution in [0.1, 0.15) is 12.1 Å². The second kappa shape index (κ2) is 9.75. The van der Waals surface area contributed by atoms with Gasteiger partial charge in [0, 0.05) is 50.3 Å². The molecule has 0 aliphatic carbocycles. The fourth-order valence-electron chi connectivity index (χ4n) is 3.82. The van der Waals surface area contributed by atoms with E-state index in [9.17, 15) is 14.4 Å². The number of H-pyrrole nitrogens is 1. The Hall–Kier alpha value is -3.50. The number of rotatable bonds is 6. The molecule has 32 heavy (non-hydrogen) atoms. The highest BCUT2D eigenvalue weighted by molar-refractivity contribution is 6.01. The summed E-state index contributed by atoms with van der Waals surface area (Å²) < 4.78 is 10.6. The lowest BCUT2D eigenvalue weighted by atomic mass is 10.1. The summed E-state index contributed by atoms with van der Waals surface area (Å²) >= 11 is 0. The van der Waals surface area contributed by atoms with E-state index >= 15 is 0 Å². The first-order valence-corrected chi connectivity index (χ1v) is 10.3. The molecule has 10 nitrogen and oxygen atoms in total. The van der Waals surface area contributed by atoms with Crippen LogP contribution in [0.3, 0.4) is 0 Å². The number of imidazole rings is 1. The molecule has 0 radical (unpaired) electrons. The molecule has 2 aliphatic heterocycles. The van der Waals surface area contributed by atoms with Gasteiger partial charge in [-0.3, -0.25) is 14.4 Å². The minimum absolute atomic E-state index is 0.0687. The van der Waals surface area contributed by atoms with E-state index in [1.54, 1.807) is 48.5 Å². The molecule has 2 fully saturated rings. The fraction of sp³-hybridized carbons (Fsp3) is 0.364. The molecule has 4 rings (SSSR count). The van der Waals surface area contributed by atoms with Gasteiger partial charge in [0.05, 0.1) is 24.7 Å². The van der Waals surface area contributed by atoms with Gasteiger partial charge in [-0.2, -0.15) is 0 Å². The number of methoxy groups -OCH3 is 1. The number of aromatic nitrogens is 2. The summed E-state index contributed by atoms with van der Waals surface area (Å²) in [6.45, 7) is 1.38. The molecule has 168 valence electrons. The maximum Gasteiger partial charge on any atom is 0.253 e. The van der Waals surface area contributed by atoms with E-state index in [0.29, 0.717) is 37.5 Å². The summed E-state index contributed by atoms with van der Waals surface area (Å²) in [5, 5.41) is 2.87. The Labute approximate surface area is 185 Å². The lowest BCUT2D eigenvalue weighted by molar-refractivity contribution is -0.132. The van der Waals surface area contributed by atoms with Crippen molar-refractivity contribution in [3.05, 3.63) is 48.6 Å². The van der Waals surface area contributed by atoms with Gasteiger partial charge in [0.2, 0.25) is 11.8 Å². The second-order valence-electron chi connectivity index (χ2n) is 7.56. The quantitative estimate of drug-likeness (QED) is 0.650. The number of morpholine rings is 1. The van der Waals surface area contributed by atoms with Gasteiger partial charge in [0.15, 0.2) is 0 Å². The zero-order valence-electron chi connectivity index (χ0n) is 17.7. The summed E-state index contributed by atoms with van der Waals surface area (Å²) in [5.41, 5.74) is 1.96. The Balaban J connectivity index is 1.42. The van der Waals surface area contributed by atoms with E-state index in [2.05, 4.69) is 15.3 Å². The van der Waals surface area contributed by atoms with Gasteiger partial charge < -0.3 is 29.6 Å². The Morgan fingerprint density at radius 3 is 2.81 bits per heavy atom. The monoisotopic (exact) mass is 439 g/mol. The first-order chi connectivity index (χ1) is 15.5. The van der Waals surface area contributed by atoms with Crippen molar-refractivity contribution in [2.24, 2.45) is 0 Å². The van der Waals surface area contributed by atoms with Crippen LogP contribution in [0.25, 0.3) is 6.08 Å². The third kappa shape index (κ3) is 4.87. The number of aromatic amines is 1. The SMILES string of the molecule is CO[C@@H]1C[C@H](C(=O)Nc2ccc(N3CCOCC3=O)cc2)N(C(=O)/C=C/c2c[nH]cn2)C1. The van der Waals surface area contributed by atoms with Crippen LogP contribution in [0.4, 0.5) is 11.4 Å². The molecule has 0 unspecified atom stereocenters. The van der Waals surface area contributed by atoms with Gasteiger partial charge in [-0.15, -0.1) is 0 Å². The number of nitrogens with one attached hydrogen (secondary N) is 2. The highest BCUT2D eigenvalue weighted by Crippen LogP contribution is 2.24. The number of benzene rings is 1. The molecule has 3 amide bonds. The number of ether oxygens (including phenoxy) is 2. The van der Waals surface area contributed by atoms with Crippen LogP contribution in [-0.4, -0.2) is 78.1 Å². The van der Waals surface area contributed by atoms with Crippen LogP contribution in [0.5, 0.6) is 0 Å². The third-order valence-corrected chi connectivity index (χ3v) is 5.53. The summed E-state index contributed by atoms with van der Waals surface area (Å²) in [6.07, 6.45) is 6.39. The zero-order chi connectivity index (χ0) is 22.5. The minimum atomic E-state index is -0.656. The van der Waals surface area contributed by atoms with Gasteiger partial charge in [0.25, 0.3) is 5.91 Å². The molecule has 2 atom stereocenters. The topological polar surface area (TPSA) is 117 Å². The van der Waals surface area contributed by atoms with Crippen LogP contribution in [0.15, 0.2) is 42.9 Å². The van der Waals surface area contributed by atoms with Gasteiger partial charge in [0.1, 0.15) is 12.6 Å². The molecule has 1 aromatic heterocycles. The zero-order valence-corrected chi connectivity index (χ0v) is 17.7. The number of likely N-dealkylation sites (tertiary alicyclic amines) is 1. The molecular weight excluding hydrogens is 414 g/mol. The molecule has 2 N–H and O–H groups in total. The van der Waals surface area contributed by atoms with Crippen molar-refractivity contribution in [1.29, 1.82) is 0 Å². The smallest absolute Gasteiger partial charge is 0.253 e. The maximum absolute atomic E-state index is 13.0. The average Bonchev–Trinajstić information content (AvgIpc) is 3.48. The van der Waals surface area contributed by atoms with Gasteiger partial charge in [-0.25, -0.2) is 4.98 Å². The standard InChI is InChI=1S/C22H25N5O5/c1-31-18-10-19(27(12-18)20(28)7-4-16-11-23-14-24-16)22(30)25-15-2-5-17(6-3-15)26-8-9-32-13-21(26)29/h2-7,11,14,18-19H,8-10,12-13H2,1H3,(H,23,24)(H,25,30)/b7-4+/t18-,19-/m1/s1. The lowest BCUT2D eigenvalue weighted by Gasteiger charge is -2.27. The third-order valence-electron chi connectivity index (χ3n) is 5.53. The van der Waals surface area contributed by atoms with Crippen LogP contribution >= 0.6 is 0 Å². The van der Waals surface area contributed by atoms with E-state index in [1.165, 1.54) is 17.3 Å². The van der Waals surface area contributed by atoms with Crippen molar-refractivity contribution in [2.75, 3.05) is 43.6 Å². The van der Waals surface area contributed by atoms with Crippen molar-refractivity contribution in [1.82, 2.24) is 14.9 Å². The average molecular weight is 439 g/mol. The first kappa shape index (κ1) is 21.7. The number of nitrogens with zero attached hydrogens (tertiary/aromatic N) is 3. The summed E-state index contributed by atoms with van der Waals surface area (Å²) in [7, 11) is 1.57. The Kier molecular flexibility index (Phi) is 6.62. The van der Waals surface area contributed by atoms with Crippen molar-refractivity contribution >= 4 is 35.2 Å². The van der Waals surface area contributed by atoms with Crippen molar-refractivity contribution in [2.45, 2.75) is 18.6 Å². The number of carbonyl (C=O) groups excluding carboxylic acids is 3. The van der Waals surface area contributed by atoms with Crippen molar-refractivity contribution in [3.8, 4) is 0 Å². The molecular formula is C22H25N5O5. The van der Waals surface area contributed by atoms with E-state index in [1.807, 2.05) is 0 Å². The minimum Gasteiger partial charge on any atom is -0.380 e. The van der Waals surface area contributed by atoms with Crippen LogP contribution in [0, 0.1) is 0 Å².